The van der Waals surface area contributed by atoms with Crippen molar-refractivity contribution >= 4 is 11.4 Å². The first-order valence-corrected chi connectivity index (χ1v) is 15.6. The molecule has 0 bridgehead atoms. The Morgan fingerprint density at radius 2 is 0.784 bits per heavy atom. The average Bonchev–Trinajstić information content (AvgIpc) is 3.36. The van der Waals surface area contributed by atoms with Crippen LogP contribution in [-0.4, -0.2) is 23.7 Å². The molecule has 0 aliphatic heterocycles. The van der Waals surface area contributed by atoms with Gasteiger partial charge in [-0.15, -0.1) is 0 Å². The minimum Gasteiger partial charge on any atom is -0.399 e. The predicted octanol–water partition coefficient (Wildman–Crippen LogP) is 6.84. The van der Waals surface area contributed by atoms with Gasteiger partial charge in [0.1, 0.15) is 11.3 Å². The Morgan fingerprint density at radius 1 is 0.451 bits per heavy atom. The van der Waals surface area contributed by atoms with E-state index in [1.54, 1.807) is 0 Å². The number of fused-ring (bicyclic) bond motifs is 3. The van der Waals surface area contributed by atoms with Crippen LogP contribution in [0.2, 0.25) is 0 Å². The second-order valence-electron chi connectivity index (χ2n) is 12.7. The Balaban J connectivity index is 0.000000177. The largest absolute Gasteiger partial charge is 0.416 e. The lowest BCUT2D eigenvalue weighted by Gasteiger charge is -2.34. The Labute approximate surface area is 290 Å². The van der Waals surface area contributed by atoms with E-state index in [-0.39, 0.29) is 5.41 Å². The van der Waals surface area contributed by atoms with E-state index in [0.717, 1.165) is 35.7 Å². The summed E-state index contributed by atoms with van der Waals surface area (Å²) in [5.74, 6) is 0. The molecule has 0 atom stereocenters. The van der Waals surface area contributed by atoms with Gasteiger partial charge < -0.3 is 34.4 Å². The highest BCUT2D eigenvalue weighted by molar-refractivity contribution is 5.86. The third-order valence-corrected chi connectivity index (χ3v) is 8.99. The van der Waals surface area contributed by atoms with Crippen LogP contribution < -0.4 is 34.4 Å². The summed E-state index contributed by atoms with van der Waals surface area (Å²) in [5, 5.41) is 0. The second kappa shape index (κ2) is 12.4. The molecule has 3 aliphatic rings. The fourth-order valence-corrected chi connectivity index (χ4v) is 6.82. The van der Waals surface area contributed by atoms with Gasteiger partial charge in [0.2, 0.25) is 0 Å². The van der Waals surface area contributed by atoms with Crippen molar-refractivity contribution in [2.45, 2.75) is 29.1 Å². The molecule has 0 fully saturated rings. The van der Waals surface area contributed by atoms with Crippen LogP contribution in [0.4, 0.5) is 37.7 Å². The molecule has 0 spiro atoms. The summed E-state index contributed by atoms with van der Waals surface area (Å²) < 4.78 is 79.5. The molecule has 7 rings (SSSR count). The summed E-state index contributed by atoms with van der Waals surface area (Å²) in [6.45, 7) is 0. The first-order chi connectivity index (χ1) is 23.8. The maximum Gasteiger partial charge on any atom is 0.416 e. The molecule has 262 valence electrons. The highest BCUT2D eigenvalue weighted by atomic mass is 19.4. The maximum atomic E-state index is 13.2. The number of anilines is 2. The van der Waals surface area contributed by atoms with E-state index in [0.29, 0.717) is 12.2 Å². The first kappa shape index (κ1) is 35.4. The van der Waals surface area contributed by atoms with Crippen molar-refractivity contribution in [1.82, 2.24) is 0 Å². The summed E-state index contributed by atoms with van der Waals surface area (Å²) in [6, 6.07) is 33.9. The maximum absolute atomic E-state index is 13.2. The number of allylic oxidation sites excluding steroid dienone is 6. The molecular formula is C39H34F6N6. The topological polar surface area (TPSA) is 156 Å². The Bertz CT molecular complexity index is 1980. The van der Waals surface area contributed by atoms with Crippen LogP contribution >= 0.6 is 0 Å². The SMILES string of the molecule is NC1(N)C=CC(=C2C=CC(N)(N)C=C2C(F)(F)F)C(C(F)(F)F)=C1.Nc1ccc(C2(c3ccc(N)cc3)c3ccccc3-c3ccccc32)cc1. The number of rotatable bonds is 2. The smallest absolute Gasteiger partial charge is 0.399 e. The van der Waals surface area contributed by atoms with Crippen LogP contribution in [0.1, 0.15) is 22.3 Å². The second-order valence-corrected chi connectivity index (χ2v) is 12.7. The summed E-state index contributed by atoms with van der Waals surface area (Å²) in [6.07, 6.45) is -5.43. The Kier molecular flexibility index (Phi) is 8.63. The number of hydrogen-bond donors (Lipinski definition) is 6. The van der Waals surface area contributed by atoms with E-state index in [2.05, 4.69) is 72.8 Å². The summed E-state index contributed by atoms with van der Waals surface area (Å²) in [7, 11) is 0. The lowest BCUT2D eigenvalue weighted by molar-refractivity contribution is -0.0927. The lowest BCUT2D eigenvalue weighted by atomic mass is 9.67. The summed E-state index contributed by atoms with van der Waals surface area (Å²) in [4.78, 5) is 0. The van der Waals surface area contributed by atoms with Crippen molar-refractivity contribution in [1.29, 1.82) is 0 Å². The van der Waals surface area contributed by atoms with Gasteiger partial charge in [-0.05, 0) is 93.1 Å². The van der Waals surface area contributed by atoms with Gasteiger partial charge in [-0.3, -0.25) is 0 Å². The molecule has 0 saturated carbocycles. The van der Waals surface area contributed by atoms with Crippen molar-refractivity contribution in [3.8, 4) is 11.1 Å². The molecule has 4 aromatic rings. The third kappa shape index (κ3) is 6.62. The van der Waals surface area contributed by atoms with Crippen molar-refractivity contribution in [3.63, 3.8) is 0 Å². The molecule has 0 amide bonds. The highest BCUT2D eigenvalue weighted by Gasteiger charge is 2.46. The van der Waals surface area contributed by atoms with E-state index in [1.165, 1.54) is 33.4 Å². The quantitative estimate of drug-likeness (QED) is 0.0673. The molecule has 51 heavy (non-hydrogen) atoms. The number of benzene rings is 4. The number of hydrogen-bond acceptors (Lipinski definition) is 6. The van der Waals surface area contributed by atoms with Gasteiger partial charge in [0.15, 0.2) is 0 Å². The number of nitrogen functional groups attached to an aromatic ring is 2. The van der Waals surface area contributed by atoms with Gasteiger partial charge in [-0.2, -0.15) is 26.3 Å². The van der Waals surface area contributed by atoms with Crippen LogP contribution in [0.25, 0.3) is 11.1 Å². The number of nitrogens with two attached hydrogens (primary N) is 6. The van der Waals surface area contributed by atoms with Crippen molar-refractivity contribution in [3.05, 3.63) is 178 Å². The van der Waals surface area contributed by atoms with Crippen molar-refractivity contribution in [2.24, 2.45) is 22.9 Å². The van der Waals surface area contributed by atoms with E-state index in [9.17, 15) is 26.3 Å². The van der Waals surface area contributed by atoms with Gasteiger partial charge in [0, 0.05) is 11.4 Å². The van der Waals surface area contributed by atoms with Crippen molar-refractivity contribution in [2.75, 3.05) is 11.5 Å². The zero-order chi connectivity index (χ0) is 37.0. The molecule has 0 heterocycles. The summed E-state index contributed by atoms with van der Waals surface area (Å²) in [5.41, 5.74) is 34.4. The van der Waals surface area contributed by atoms with Gasteiger partial charge >= 0.3 is 12.4 Å². The van der Waals surface area contributed by atoms with Crippen LogP contribution in [0.3, 0.4) is 0 Å². The van der Waals surface area contributed by atoms with Crippen LogP contribution in [-0.2, 0) is 5.41 Å². The fraction of sp³-hybridized carbons (Fsp3) is 0.128. The third-order valence-electron chi connectivity index (χ3n) is 8.99. The zero-order valence-corrected chi connectivity index (χ0v) is 26.9. The average molecular weight is 701 g/mol. The van der Waals surface area contributed by atoms with Crippen LogP contribution in [0.5, 0.6) is 0 Å². The van der Waals surface area contributed by atoms with E-state index in [4.69, 9.17) is 34.4 Å². The molecular weight excluding hydrogens is 666 g/mol. The number of alkyl halides is 6. The van der Waals surface area contributed by atoms with Gasteiger partial charge in [-0.1, -0.05) is 84.9 Å². The van der Waals surface area contributed by atoms with Gasteiger partial charge in [0.05, 0.1) is 16.6 Å². The molecule has 12 N–H and O–H groups in total. The lowest BCUT2D eigenvalue weighted by Crippen LogP contribution is -2.48. The van der Waals surface area contributed by atoms with Gasteiger partial charge in [-0.25, -0.2) is 0 Å². The van der Waals surface area contributed by atoms with Crippen LogP contribution in [0, 0.1) is 0 Å². The molecule has 0 aromatic heterocycles. The Hall–Kier alpha value is -5.40. The molecule has 0 unspecified atom stereocenters. The van der Waals surface area contributed by atoms with Crippen LogP contribution in [0.15, 0.2) is 156 Å². The standard InChI is InChI=1S/C25H20N2.C14H14F6N4/c26-19-13-9-17(10-14-19)25(18-11-15-20(27)16-12-18)23-7-3-1-5-21(23)22-6-2-4-8-24(22)25;15-13(16,17)9-5-11(21,22)3-1-7(9)8-2-4-12(23,24)6-10(8)14(18,19)20/h1-16H,26-27H2;1-6H,21-24H2. The van der Waals surface area contributed by atoms with E-state index in [1.807, 2.05) is 24.3 Å². The Morgan fingerprint density at radius 3 is 1.12 bits per heavy atom. The zero-order valence-electron chi connectivity index (χ0n) is 26.9. The highest BCUT2D eigenvalue weighted by Crippen LogP contribution is 2.56. The summed E-state index contributed by atoms with van der Waals surface area (Å²) >= 11 is 0. The molecule has 0 saturated heterocycles. The van der Waals surface area contributed by atoms with Gasteiger partial charge in [0.25, 0.3) is 0 Å². The minimum absolute atomic E-state index is 0.380. The van der Waals surface area contributed by atoms with E-state index < -0.39 is 46.0 Å². The van der Waals surface area contributed by atoms with Crippen molar-refractivity contribution < 1.29 is 26.3 Å². The minimum atomic E-state index is -4.96. The molecule has 0 radical (unpaired) electrons. The molecule has 3 aliphatic carbocycles. The fourth-order valence-electron chi connectivity index (χ4n) is 6.82. The molecule has 4 aromatic carbocycles. The normalized spacial score (nSPS) is 19.6. The monoisotopic (exact) mass is 700 g/mol. The van der Waals surface area contributed by atoms with E-state index >= 15 is 0 Å². The predicted molar refractivity (Wildman–Crippen MR) is 188 cm³/mol. The number of halogens is 6. The molecule has 12 heteroatoms. The first-order valence-electron chi connectivity index (χ1n) is 15.6. The molecule has 6 nitrogen and oxygen atoms in total.